The number of anilines is 2. The minimum absolute atomic E-state index is 0.237. The summed E-state index contributed by atoms with van der Waals surface area (Å²) in [4.78, 5) is 24.3. The summed E-state index contributed by atoms with van der Waals surface area (Å²) in [5.41, 5.74) is 3.27. The van der Waals surface area contributed by atoms with Crippen molar-refractivity contribution in [1.82, 2.24) is 0 Å². The Morgan fingerprint density at radius 1 is 1.04 bits per heavy atom. The molecule has 0 atom stereocenters. The highest BCUT2D eigenvalue weighted by molar-refractivity contribution is 8.00. The van der Waals surface area contributed by atoms with Crippen molar-refractivity contribution in [3.8, 4) is 0 Å². The number of hydrogen-bond donors (Lipinski definition) is 2. The fourth-order valence-corrected chi connectivity index (χ4v) is 3.68. The number of hydrogen-bond acceptors (Lipinski definition) is 5. The normalized spacial score (nSPS) is 13.5. The lowest BCUT2D eigenvalue weighted by molar-refractivity contribution is -0.136. The molecule has 1 aliphatic heterocycles. The predicted octanol–water partition coefficient (Wildman–Crippen LogP) is 4.18. The molecule has 3 rings (SSSR count). The van der Waals surface area contributed by atoms with Gasteiger partial charge in [-0.3, -0.25) is 4.79 Å². The molecule has 2 N–H and O–H groups in total. The number of ether oxygens (including phenoxy) is 1. The average Bonchev–Trinajstić information content (AvgIpc) is 3.11. The molecule has 0 bridgehead atoms. The van der Waals surface area contributed by atoms with E-state index in [0.29, 0.717) is 39.0 Å². The van der Waals surface area contributed by atoms with Crippen LogP contribution in [0.15, 0.2) is 59.8 Å². The Bertz CT molecular complexity index is 865. The summed E-state index contributed by atoms with van der Waals surface area (Å²) < 4.78 is 4.83. The van der Waals surface area contributed by atoms with Gasteiger partial charge in [0.25, 0.3) is 5.91 Å². The smallest absolute Gasteiger partial charge is 0.336 e. The second-order valence-corrected chi connectivity index (χ2v) is 7.00. The first-order chi connectivity index (χ1) is 12.6. The largest absolute Gasteiger partial charge is 0.466 e. The molecule has 0 fully saturated rings. The summed E-state index contributed by atoms with van der Waals surface area (Å²) in [5, 5.41) is 6.72. The standard InChI is InChI=1S/C19H17ClN2O3S/c1-25-19(24)14-10-26-11-17(14)21-15-4-2-3-5-16(15)22-18(23)12-6-8-13(20)9-7-12/h2-9,21H,10-11H2,1H3,(H,22,23). The van der Waals surface area contributed by atoms with Crippen molar-refractivity contribution in [2.75, 3.05) is 29.2 Å². The monoisotopic (exact) mass is 388 g/mol. The van der Waals surface area contributed by atoms with E-state index in [4.69, 9.17) is 16.3 Å². The molecular formula is C19H17ClN2O3S. The van der Waals surface area contributed by atoms with E-state index in [1.807, 2.05) is 18.2 Å². The zero-order chi connectivity index (χ0) is 18.5. The maximum Gasteiger partial charge on any atom is 0.336 e. The molecule has 134 valence electrons. The van der Waals surface area contributed by atoms with Crippen LogP contribution in [0.25, 0.3) is 0 Å². The van der Waals surface area contributed by atoms with Crippen LogP contribution in [0, 0.1) is 0 Å². The second kappa shape index (κ2) is 8.29. The van der Waals surface area contributed by atoms with Gasteiger partial charge >= 0.3 is 5.97 Å². The highest BCUT2D eigenvalue weighted by Crippen LogP contribution is 2.30. The predicted molar refractivity (Wildman–Crippen MR) is 106 cm³/mol. The molecule has 2 aromatic carbocycles. The summed E-state index contributed by atoms with van der Waals surface area (Å²) in [7, 11) is 1.37. The fraction of sp³-hybridized carbons (Fsp3) is 0.158. The molecule has 1 aliphatic rings. The number of carbonyl (C=O) groups is 2. The lowest BCUT2D eigenvalue weighted by Gasteiger charge is -2.14. The minimum Gasteiger partial charge on any atom is -0.466 e. The lowest BCUT2D eigenvalue weighted by Crippen LogP contribution is -2.15. The van der Waals surface area contributed by atoms with Crippen LogP contribution < -0.4 is 10.6 Å². The first kappa shape index (κ1) is 18.4. The minimum atomic E-state index is -0.333. The van der Waals surface area contributed by atoms with E-state index in [1.54, 1.807) is 42.1 Å². The number of amides is 1. The summed E-state index contributed by atoms with van der Waals surface area (Å²) in [5.74, 6) is 0.720. The van der Waals surface area contributed by atoms with Gasteiger partial charge in [0.15, 0.2) is 0 Å². The van der Waals surface area contributed by atoms with Crippen molar-refractivity contribution < 1.29 is 14.3 Å². The number of halogens is 1. The molecule has 7 heteroatoms. The Labute approximate surface area is 160 Å². The molecule has 1 amide bonds. The van der Waals surface area contributed by atoms with Gasteiger partial charge in [0.1, 0.15) is 0 Å². The zero-order valence-electron chi connectivity index (χ0n) is 14.0. The highest BCUT2D eigenvalue weighted by atomic mass is 35.5. The van der Waals surface area contributed by atoms with Gasteiger partial charge < -0.3 is 15.4 Å². The average molecular weight is 389 g/mol. The molecule has 0 saturated carbocycles. The van der Waals surface area contributed by atoms with E-state index < -0.39 is 0 Å². The van der Waals surface area contributed by atoms with Gasteiger partial charge in [-0.25, -0.2) is 4.79 Å². The first-order valence-electron chi connectivity index (χ1n) is 7.89. The number of esters is 1. The molecule has 2 aromatic rings. The number of methoxy groups -OCH3 is 1. The molecule has 0 aromatic heterocycles. The van der Waals surface area contributed by atoms with Gasteiger partial charge in [0.05, 0.1) is 24.1 Å². The lowest BCUT2D eigenvalue weighted by atomic mass is 10.2. The van der Waals surface area contributed by atoms with E-state index in [1.165, 1.54) is 7.11 Å². The van der Waals surface area contributed by atoms with Crippen molar-refractivity contribution in [1.29, 1.82) is 0 Å². The molecule has 26 heavy (non-hydrogen) atoms. The van der Waals surface area contributed by atoms with Crippen molar-refractivity contribution in [2.24, 2.45) is 0 Å². The van der Waals surface area contributed by atoms with Crippen LogP contribution in [0.5, 0.6) is 0 Å². The third-order valence-electron chi connectivity index (χ3n) is 3.86. The quantitative estimate of drug-likeness (QED) is 0.752. The number of nitrogens with one attached hydrogen (secondary N) is 2. The van der Waals surface area contributed by atoms with Gasteiger partial charge in [-0.1, -0.05) is 23.7 Å². The summed E-state index contributed by atoms with van der Waals surface area (Å²) in [6.45, 7) is 0. The summed E-state index contributed by atoms with van der Waals surface area (Å²) in [6, 6.07) is 14.0. The first-order valence-corrected chi connectivity index (χ1v) is 9.43. The van der Waals surface area contributed by atoms with Crippen LogP contribution in [-0.2, 0) is 9.53 Å². The van der Waals surface area contributed by atoms with Crippen LogP contribution in [0.4, 0.5) is 11.4 Å². The van der Waals surface area contributed by atoms with E-state index in [2.05, 4.69) is 10.6 Å². The van der Waals surface area contributed by atoms with Crippen LogP contribution in [-0.4, -0.2) is 30.5 Å². The molecule has 0 radical (unpaired) electrons. The van der Waals surface area contributed by atoms with Crippen LogP contribution in [0.3, 0.4) is 0 Å². The van der Waals surface area contributed by atoms with Crippen LogP contribution in [0.2, 0.25) is 5.02 Å². The van der Waals surface area contributed by atoms with E-state index >= 15 is 0 Å². The number of thioether (sulfide) groups is 1. The topological polar surface area (TPSA) is 67.4 Å². The maximum absolute atomic E-state index is 12.5. The Kier molecular flexibility index (Phi) is 5.85. The molecule has 1 heterocycles. The fourth-order valence-electron chi connectivity index (χ4n) is 2.51. The molecular weight excluding hydrogens is 372 g/mol. The van der Waals surface area contributed by atoms with Gasteiger partial charge in [-0.2, -0.15) is 11.8 Å². The number of para-hydroxylation sites is 2. The molecule has 0 saturated heterocycles. The van der Waals surface area contributed by atoms with Crippen LogP contribution in [0.1, 0.15) is 10.4 Å². The van der Waals surface area contributed by atoms with Crippen molar-refractivity contribution in [3.63, 3.8) is 0 Å². The van der Waals surface area contributed by atoms with E-state index in [0.717, 1.165) is 5.70 Å². The van der Waals surface area contributed by atoms with Crippen LogP contribution >= 0.6 is 23.4 Å². The third kappa shape index (κ3) is 4.20. The van der Waals surface area contributed by atoms with Gasteiger partial charge in [-0.15, -0.1) is 0 Å². The molecule has 5 nitrogen and oxygen atoms in total. The number of rotatable bonds is 5. The molecule has 0 unspecified atom stereocenters. The maximum atomic E-state index is 12.5. The van der Waals surface area contributed by atoms with E-state index in [9.17, 15) is 9.59 Å². The number of carbonyl (C=O) groups excluding carboxylic acids is 2. The van der Waals surface area contributed by atoms with Crippen molar-refractivity contribution >= 4 is 46.6 Å². The SMILES string of the molecule is COC(=O)C1=C(Nc2ccccc2NC(=O)c2ccc(Cl)cc2)CSC1. The Hall–Kier alpha value is -2.44. The Morgan fingerprint density at radius 3 is 2.42 bits per heavy atom. The Morgan fingerprint density at radius 2 is 1.73 bits per heavy atom. The summed E-state index contributed by atoms with van der Waals surface area (Å²) in [6.07, 6.45) is 0. The van der Waals surface area contributed by atoms with Gasteiger partial charge in [0, 0.05) is 27.8 Å². The highest BCUT2D eigenvalue weighted by Gasteiger charge is 2.22. The zero-order valence-corrected chi connectivity index (χ0v) is 15.6. The third-order valence-corrected chi connectivity index (χ3v) is 5.09. The Balaban J connectivity index is 1.81. The van der Waals surface area contributed by atoms with Crippen molar-refractivity contribution in [2.45, 2.75) is 0 Å². The van der Waals surface area contributed by atoms with Crippen molar-refractivity contribution in [3.05, 3.63) is 70.4 Å². The van der Waals surface area contributed by atoms with Gasteiger partial charge in [-0.05, 0) is 36.4 Å². The van der Waals surface area contributed by atoms with Gasteiger partial charge in [0.2, 0.25) is 0 Å². The summed E-state index contributed by atoms with van der Waals surface area (Å²) >= 11 is 7.50. The molecule has 0 spiro atoms. The number of benzene rings is 2. The van der Waals surface area contributed by atoms with E-state index in [-0.39, 0.29) is 11.9 Å². The second-order valence-electron chi connectivity index (χ2n) is 5.57. The molecule has 0 aliphatic carbocycles.